The van der Waals surface area contributed by atoms with Crippen molar-refractivity contribution in [2.45, 2.75) is 39.2 Å². The first-order valence-corrected chi connectivity index (χ1v) is 7.73. The number of rotatable bonds is 3. The Morgan fingerprint density at radius 2 is 2.43 bits per heavy atom. The van der Waals surface area contributed by atoms with Gasteiger partial charge in [0.05, 0.1) is 12.2 Å². The van der Waals surface area contributed by atoms with Gasteiger partial charge in [-0.15, -0.1) is 0 Å². The van der Waals surface area contributed by atoms with Gasteiger partial charge in [-0.25, -0.2) is 4.98 Å². The number of fused-ring (bicyclic) bond motifs is 1. The van der Waals surface area contributed by atoms with Gasteiger partial charge in [-0.1, -0.05) is 0 Å². The smallest absolute Gasteiger partial charge is 0.252 e. The van der Waals surface area contributed by atoms with Crippen molar-refractivity contribution in [3.05, 3.63) is 29.6 Å². The van der Waals surface area contributed by atoms with Crippen LogP contribution in [-0.4, -0.2) is 40.6 Å². The fourth-order valence-corrected chi connectivity index (χ4v) is 3.27. The number of carbonyl (C=O) groups is 1. The van der Waals surface area contributed by atoms with E-state index in [4.69, 9.17) is 4.74 Å². The van der Waals surface area contributed by atoms with Crippen LogP contribution in [0.2, 0.25) is 0 Å². The molecule has 3 rings (SSSR count). The van der Waals surface area contributed by atoms with E-state index < -0.39 is 0 Å². The zero-order chi connectivity index (χ0) is 14.8. The summed E-state index contributed by atoms with van der Waals surface area (Å²) in [5.74, 6) is 2.57. The SMILES string of the molecule is CC1=C(C(=O)N(C)C[C@@H]2CCn3ccnc3C2)CCCO1. The summed E-state index contributed by atoms with van der Waals surface area (Å²) in [7, 11) is 1.90. The average Bonchev–Trinajstić information content (AvgIpc) is 2.94. The number of amides is 1. The van der Waals surface area contributed by atoms with Gasteiger partial charge in [0.15, 0.2) is 0 Å². The third-order valence-electron chi connectivity index (χ3n) is 4.50. The molecule has 0 radical (unpaired) electrons. The second-order valence-electron chi connectivity index (χ2n) is 6.07. The molecule has 21 heavy (non-hydrogen) atoms. The first-order chi connectivity index (χ1) is 10.1. The predicted molar refractivity (Wildman–Crippen MR) is 79.6 cm³/mol. The topological polar surface area (TPSA) is 47.4 Å². The molecule has 114 valence electrons. The number of allylic oxidation sites excluding steroid dienone is 1. The first-order valence-electron chi connectivity index (χ1n) is 7.73. The Bertz CT molecular complexity index is 562. The second kappa shape index (κ2) is 5.92. The van der Waals surface area contributed by atoms with Crippen molar-refractivity contribution in [3.63, 3.8) is 0 Å². The summed E-state index contributed by atoms with van der Waals surface area (Å²) in [5.41, 5.74) is 0.848. The van der Waals surface area contributed by atoms with E-state index in [0.29, 0.717) is 5.92 Å². The normalized spacial score (nSPS) is 21.7. The minimum Gasteiger partial charge on any atom is -0.498 e. The molecule has 0 spiro atoms. The Balaban J connectivity index is 1.62. The molecule has 1 amide bonds. The van der Waals surface area contributed by atoms with Gasteiger partial charge in [-0.05, 0) is 32.1 Å². The van der Waals surface area contributed by atoms with Crippen LogP contribution in [0.3, 0.4) is 0 Å². The molecular weight excluding hydrogens is 266 g/mol. The number of hydrogen-bond donors (Lipinski definition) is 0. The largest absolute Gasteiger partial charge is 0.498 e. The summed E-state index contributed by atoms with van der Waals surface area (Å²) in [6, 6.07) is 0. The number of nitrogens with zero attached hydrogens (tertiary/aromatic N) is 3. The van der Waals surface area contributed by atoms with Gasteiger partial charge in [0.2, 0.25) is 0 Å². The molecule has 5 heteroatoms. The van der Waals surface area contributed by atoms with Gasteiger partial charge in [0.1, 0.15) is 11.6 Å². The molecule has 0 aromatic carbocycles. The standard InChI is InChI=1S/C16H23N3O2/c1-12-14(4-3-9-21-12)16(20)18(2)11-13-5-7-19-8-6-17-15(19)10-13/h6,8,13H,3-5,7,9-11H2,1-2H3/t13-/m1/s1. The fraction of sp³-hybridized carbons (Fsp3) is 0.625. The fourth-order valence-electron chi connectivity index (χ4n) is 3.27. The summed E-state index contributed by atoms with van der Waals surface area (Å²) in [4.78, 5) is 18.8. The lowest BCUT2D eigenvalue weighted by Crippen LogP contribution is -2.36. The van der Waals surface area contributed by atoms with Crippen molar-refractivity contribution in [3.8, 4) is 0 Å². The van der Waals surface area contributed by atoms with Crippen molar-refractivity contribution in [2.24, 2.45) is 5.92 Å². The van der Waals surface area contributed by atoms with Crippen molar-refractivity contribution in [2.75, 3.05) is 20.2 Å². The Hall–Kier alpha value is -1.78. The highest BCUT2D eigenvalue weighted by atomic mass is 16.5. The number of ether oxygens (including phenoxy) is 1. The van der Waals surface area contributed by atoms with Crippen LogP contribution in [0.1, 0.15) is 32.0 Å². The Morgan fingerprint density at radius 1 is 1.57 bits per heavy atom. The number of aromatic nitrogens is 2. The molecule has 1 aromatic heterocycles. The summed E-state index contributed by atoms with van der Waals surface area (Å²) in [5, 5.41) is 0. The van der Waals surface area contributed by atoms with Gasteiger partial charge < -0.3 is 14.2 Å². The Kier molecular flexibility index (Phi) is 3.99. The lowest BCUT2D eigenvalue weighted by Gasteiger charge is -2.29. The molecule has 0 unspecified atom stereocenters. The number of likely N-dealkylation sites (N-methyl/N-ethyl adjacent to an activating group) is 1. The van der Waals surface area contributed by atoms with Crippen LogP contribution >= 0.6 is 0 Å². The van der Waals surface area contributed by atoms with Crippen molar-refractivity contribution < 1.29 is 9.53 Å². The molecule has 5 nitrogen and oxygen atoms in total. The van der Waals surface area contributed by atoms with Crippen LogP contribution in [-0.2, 0) is 22.5 Å². The monoisotopic (exact) mass is 289 g/mol. The quantitative estimate of drug-likeness (QED) is 0.855. The van der Waals surface area contributed by atoms with Crippen LogP contribution in [0, 0.1) is 5.92 Å². The number of aryl methyl sites for hydroxylation is 1. The Morgan fingerprint density at radius 3 is 3.24 bits per heavy atom. The predicted octanol–water partition coefficient (Wildman–Crippen LogP) is 1.99. The lowest BCUT2D eigenvalue weighted by atomic mass is 9.96. The van der Waals surface area contributed by atoms with Crippen molar-refractivity contribution >= 4 is 5.91 Å². The maximum atomic E-state index is 12.5. The molecule has 0 saturated carbocycles. The van der Waals surface area contributed by atoms with Crippen LogP contribution < -0.4 is 0 Å². The molecule has 1 atom stereocenters. The van der Waals surface area contributed by atoms with E-state index in [-0.39, 0.29) is 5.91 Å². The van der Waals surface area contributed by atoms with Crippen molar-refractivity contribution in [1.29, 1.82) is 0 Å². The van der Waals surface area contributed by atoms with Crippen molar-refractivity contribution in [1.82, 2.24) is 14.5 Å². The minimum absolute atomic E-state index is 0.126. The summed E-state index contributed by atoms with van der Waals surface area (Å²) in [6.07, 6.45) is 7.74. The summed E-state index contributed by atoms with van der Waals surface area (Å²) < 4.78 is 7.71. The maximum absolute atomic E-state index is 12.5. The number of hydrogen-bond acceptors (Lipinski definition) is 3. The zero-order valence-electron chi connectivity index (χ0n) is 12.8. The molecule has 1 aromatic rings. The van der Waals surface area contributed by atoms with Gasteiger partial charge in [0.25, 0.3) is 5.91 Å². The third-order valence-corrected chi connectivity index (χ3v) is 4.50. The second-order valence-corrected chi connectivity index (χ2v) is 6.07. The molecule has 3 heterocycles. The highest BCUT2D eigenvalue weighted by Gasteiger charge is 2.25. The molecule has 0 N–H and O–H groups in total. The van der Waals surface area contributed by atoms with Gasteiger partial charge in [0, 0.05) is 39.0 Å². The van der Waals surface area contributed by atoms with Crippen LogP contribution in [0.15, 0.2) is 23.7 Å². The number of carbonyl (C=O) groups excluding carboxylic acids is 1. The lowest BCUT2D eigenvalue weighted by molar-refractivity contribution is -0.127. The van der Waals surface area contributed by atoms with Crippen LogP contribution in [0.4, 0.5) is 0 Å². The van der Waals surface area contributed by atoms with E-state index in [2.05, 4.69) is 9.55 Å². The highest BCUT2D eigenvalue weighted by molar-refractivity contribution is 5.93. The zero-order valence-corrected chi connectivity index (χ0v) is 12.8. The van der Waals surface area contributed by atoms with E-state index in [1.54, 1.807) is 0 Å². The summed E-state index contributed by atoms with van der Waals surface area (Å²) >= 11 is 0. The minimum atomic E-state index is 0.126. The van der Waals surface area contributed by atoms with E-state index in [9.17, 15) is 4.79 Å². The van der Waals surface area contributed by atoms with Gasteiger partial charge >= 0.3 is 0 Å². The number of imidazole rings is 1. The van der Waals surface area contributed by atoms with E-state index in [1.165, 1.54) is 0 Å². The molecule has 0 fully saturated rings. The molecule has 0 bridgehead atoms. The van der Waals surface area contributed by atoms with Crippen LogP contribution in [0.25, 0.3) is 0 Å². The molecular formula is C16H23N3O2. The molecule has 0 aliphatic carbocycles. The van der Waals surface area contributed by atoms with Crippen LogP contribution in [0.5, 0.6) is 0 Å². The van der Waals surface area contributed by atoms with E-state index >= 15 is 0 Å². The van der Waals surface area contributed by atoms with E-state index in [1.807, 2.05) is 31.3 Å². The van der Waals surface area contributed by atoms with E-state index in [0.717, 1.165) is 62.5 Å². The molecule has 2 aliphatic rings. The van der Waals surface area contributed by atoms with Gasteiger partial charge in [-0.3, -0.25) is 4.79 Å². The highest BCUT2D eigenvalue weighted by Crippen LogP contribution is 2.23. The van der Waals surface area contributed by atoms with Gasteiger partial charge in [-0.2, -0.15) is 0 Å². The molecule has 2 aliphatic heterocycles. The summed E-state index contributed by atoms with van der Waals surface area (Å²) in [6.45, 7) is 4.44. The average molecular weight is 289 g/mol. The molecule has 0 saturated heterocycles. The maximum Gasteiger partial charge on any atom is 0.252 e. The first kappa shape index (κ1) is 14.2. The Labute approximate surface area is 125 Å². The third kappa shape index (κ3) is 2.96.